The fourth-order valence-electron chi connectivity index (χ4n) is 3.86. The average molecular weight is 652 g/mol. The standard InChI is InChI=1S/C31H39ClNO8PS/c1-30(2,3)41-29(35)33-31(4,21-40-42(36,37-5)38-6)17-16-23-12-14-25(19-26(23)32)43-28-18-24(13-15-27(28)34)39-20-22-10-8-7-9-11-22/h7-15,18-19,34H,16-17,20-21H2,1-6H3,(H,33,35)/t31-/m0/s1. The Hall–Kier alpha value is -2.72. The van der Waals surface area contributed by atoms with Gasteiger partial charge < -0.3 is 19.9 Å². The summed E-state index contributed by atoms with van der Waals surface area (Å²) in [5.74, 6) is 0.767. The monoisotopic (exact) mass is 651 g/mol. The molecule has 0 aliphatic carbocycles. The molecule has 0 saturated heterocycles. The summed E-state index contributed by atoms with van der Waals surface area (Å²) < 4.78 is 39.1. The lowest BCUT2D eigenvalue weighted by Crippen LogP contribution is -2.51. The van der Waals surface area contributed by atoms with E-state index in [1.54, 1.807) is 45.9 Å². The highest BCUT2D eigenvalue weighted by Gasteiger charge is 2.34. The van der Waals surface area contributed by atoms with Gasteiger partial charge in [-0.1, -0.05) is 59.8 Å². The van der Waals surface area contributed by atoms with Crippen molar-refractivity contribution in [1.29, 1.82) is 0 Å². The van der Waals surface area contributed by atoms with Gasteiger partial charge in [-0.3, -0.25) is 13.6 Å². The van der Waals surface area contributed by atoms with Crippen LogP contribution >= 0.6 is 31.2 Å². The highest BCUT2D eigenvalue weighted by atomic mass is 35.5. The van der Waals surface area contributed by atoms with Gasteiger partial charge in [-0.25, -0.2) is 9.36 Å². The Morgan fingerprint density at radius 3 is 2.33 bits per heavy atom. The fourth-order valence-corrected chi connectivity index (χ4v) is 5.92. The van der Waals surface area contributed by atoms with E-state index in [0.29, 0.717) is 35.1 Å². The van der Waals surface area contributed by atoms with E-state index in [-0.39, 0.29) is 12.4 Å². The first-order chi connectivity index (χ1) is 20.2. The van der Waals surface area contributed by atoms with Crippen LogP contribution in [0.3, 0.4) is 0 Å². The number of hydrogen-bond acceptors (Lipinski definition) is 9. The molecule has 1 atom stereocenters. The second-order valence-electron chi connectivity index (χ2n) is 11.0. The maximum Gasteiger partial charge on any atom is 0.474 e. The molecule has 0 spiro atoms. The third-order valence-corrected chi connectivity index (χ3v) is 8.90. The molecule has 234 valence electrons. The summed E-state index contributed by atoms with van der Waals surface area (Å²) in [6.07, 6.45) is 0.182. The Kier molecular flexibility index (Phi) is 12.4. The van der Waals surface area contributed by atoms with Gasteiger partial charge in [0.05, 0.1) is 17.0 Å². The van der Waals surface area contributed by atoms with Crippen LogP contribution in [0.25, 0.3) is 0 Å². The molecule has 0 aromatic heterocycles. The molecule has 9 nitrogen and oxygen atoms in total. The van der Waals surface area contributed by atoms with Gasteiger partial charge in [0.25, 0.3) is 0 Å². The molecule has 0 bridgehead atoms. The zero-order valence-corrected chi connectivity index (χ0v) is 27.7. The predicted molar refractivity (Wildman–Crippen MR) is 168 cm³/mol. The molecule has 43 heavy (non-hydrogen) atoms. The first-order valence-electron chi connectivity index (χ1n) is 13.6. The Morgan fingerprint density at radius 1 is 1.00 bits per heavy atom. The number of phenolic OH excluding ortho intramolecular Hbond substituents is 1. The number of phenols is 1. The van der Waals surface area contributed by atoms with Crippen molar-refractivity contribution in [1.82, 2.24) is 5.32 Å². The average Bonchev–Trinajstić information content (AvgIpc) is 2.95. The van der Waals surface area contributed by atoms with Crippen LogP contribution in [-0.4, -0.2) is 43.2 Å². The van der Waals surface area contributed by atoms with Gasteiger partial charge in [0, 0.05) is 24.1 Å². The maximum absolute atomic E-state index is 12.6. The van der Waals surface area contributed by atoms with E-state index in [0.717, 1.165) is 16.0 Å². The van der Waals surface area contributed by atoms with E-state index in [4.69, 9.17) is 34.6 Å². The SMILES string of the molecule is COP(=O)(OC)OC[C@](C)(CCc1ccc(Sc2cc(OCc3ccccc3)ccc2O)cc1Cl)NC(=O)OC(C)(C)C. The van der Waals surface area contributed by atoms with Gasteiger partial charge in [-0.05, 0) is 82.0 Å². The number of carbonyl (C=O) groups excluding carboxylic acids is 1. The smallest absolute Gasteiger partial charge is 0.474 e. The van der Waals surface area contributed by atoms with Gasteiger partial charge in [-0.15, -0.1) is 0 Å². The summed E-state index contributed by atoms with van der Waals surface area (Å²) in [4.78, 5) is 14.1. The number of aryl methyl sites for hydroxylation is 1. The van der Waals surface area contributed by atoms with Crippen molar-refractivity contribution in [3.8, 4) is 11.5 Å². The summed E-state index contributed by atoms with van der Waals surface area (Å²) in [6, 6.07) is 20.6. The third kappa shape index (κ3) is 11.4. The number of rotatable bonds is 14. The molecule has 0 saturated carbocycles. The van der Waals surface area contributed by atoms with Crippen molar-refractivity contribution in [3.05, 3.63) is 82.9 Å². The third-order valence-electron chi connectivity index (χ3n) is 6.17. The Balaban J connectivity index is 1.70. The van der Waals surface area contributed by atoms with E-state index < -0.39 is 25.1 Å². The maximum atomic E-state index is 12.6. The number of carbonyl (C=O) groups is 1. The molecule has 0 heterocycles. The molecule has 3 aromatic carbocycles. The molecule has 0 aliphatic rings. The second-order valence-corrected chi connectivity index (χ2v) is 14.4. The zero-order valence-electron chi connectivity index (χ0n) is 25.2. The molecule has 0 radical (unpaired) electrons. The Bertz CT molecular complexity index is 1410. The molecule has 3 aromatic rings. The number of phosphoric ester groups is 1. The van der Waals surface area contributed by atoms with Crippen molar-refractivity contribution in [3.63, 3.8) is 0 Å². The number of nitrogens with one attached hydrogen (secondary N) is 1. The Morgan fingerprint density at radius 2 is 1.70 bits per heavy atom. The first kappa shape index (κ1) is 34.8. The van der Waals surface area contributed by atoms with Gasteiger partial charge in [0.1, 0.15) is 23.7 Å². The summed E-state index contributed by atoms with van der Waals surface area (Å²) in [5, 5.41) is 13.8. The number of benzene rings is 3. The van der Waals surface area contributed by atoms with E-state index >= 15 is 0 Å². The van der Waals surface area contributed by atoms with Gasteiger partial charge in [-0.2, -0.15) is 0 Å². The molecule has 12 heteroatoms. The van der Waals surface area contributed by atoms with Crippen LogP contribution < -0.4 is 10.1 Å². The molecule has 3 rings (SSSR count). The molecule has 2 N–H and O–H groups in total. The minimum Gasteiger partial charge on any atom is -0.507 e. The number of amides is 1. The lowest BCUT2D eigenvalue weighted by atomic mass is 9.94. The number of phosphoric acid groups is 1. The highest BCUT2D eigenvalue weighted by molar-refractivity contribution is 7.99. The largest absolute Gasteiger partial charge is 0.507 e. The molecular formula is C31H39ClNO8PS. The normalized spacial score (nSPS) is 13.3. The lowest BCUT2D eigenvalue weighted by Gasteiger charge is -2.32. The molecular weight excluding hydrogens is 613 g/mol. The highest BCUT2D eigenvalue weighted by Crippen LogP contribution is 2.48. The predicted octanol–water partition coefficient (Wildman–Crippen LogP) is 8.41. The lowest BCUT2D eigenvalue weighted by molar-refractivity contribution is 0.0389. The van der Waals surface area contributed by atoms with Crippen LogP contribution in [0.15, 0.2) is 76.5 Å². The number of aromatic hydroxyl groups is 1. The number of alkyl carbamates (subject to hydrolysis) is 1. The van der Waals surface area contributed by atoms with Crippen LogP contribution in [0.4, 0.5) is 4.79 Å². The van der Waals surface area contributed by atoms with Crippen LogP contribution in [0.1, 0.15) is 45.2 Å². The van der Waals surface area contributed by atoms with E-state index in [1.165, 1.54) is 26.0 Å². The first-order valence-corrected chi connectivity index (χ1v) is 16.2. The minimum atomic E-state index is -3.79. The van der Waals surface area contributed by atoms with Crippen molar-refractivity contribution < 1.29 is 37.5 Å². The van der Waals surface area contributed by atoms with Gasteiger partial charge >= 0.3 is 13.9 Å². The van der Waals surface area contributed by atoms with Crippen LogP contribution in [0.2, 0.25) is 5.02 Å². The molecule has 0 unspecified atom stereocenters. The van der Waals surface area contributed by atoms with Gasteiger partial charge in [0.2, 0.25) is 0 Å². The van der Waals surface area contributed by atoms with Crippen LogP contribution in [0.5, 0.6) is 11.5 Å². The number of ether oxygens (including phenoxy) is 2. The number of hydrogen-bond donors (Lipinski definition) is 2. The fraction of sp³-hybridized carbons (Fsp3) is 0.387. The van der Waals surface area contributed by atoms with Crippen molar-refractivity contribution in [2.24, 2.45) is 0 Å². The van der Waals surface area contributed by atoms with E-state index in [1.807, 2.05) is 48.5 Å². The van der Waals surface area contributed by atoms with Crippen molar-refractivity contribution >= 4 is 37.3 Å². The Labute approximate surface area is 262 Å². The zero-order chi connectivity index (χ0) is 31.7. The molecule has 0 aliphatic heterocycles. The van der Waals surface area contributed by atoms with Crippen molar-refractivity contribution in [2.45, 2.75) is 68.1 Å². The summed E-state index contributed by atoms with van der Waals surface area (Å²) in [5.41, 5.74) is 0.160. The van der Waals surface area contributed by atoms with E-state index in [2.05, 4.69) is 5.32 Å². The van der Waals surface area contributed by atoms with Crippen molar-refractivity contribution in [2.75, 3.05) is 20.8 Å². The van der Waals surface area contributed by atoms with Gasteiger partial charge in [0.15, 0.2) is 0 Å². The second kappa shape index (κ2) is 15.3. The summed E-state index contributed by atoms with van der Waals surface area (Å²) in [6.45, 7) is 7.28. The number of halogens is 1. The molecule has 1 amide bonds. The van der Waals surface area contributed by atoms with Crippen LogP contribution in [-0.2, 0) is 35.9 Å². The minimum absolute atomic E-state index is 0.130. The van der Waals surface area contributed by atoms with E-state index in [9.17, 15) is 14.5 Å². The quantitative estimate of drug-likeness (QED) is 0.166. The van der Waals surface area contributed by atoms with Crippen LogP contribution in [0, 0.1) is 0 Å². The topological polar surface area (TPSA) is 113 Å². The molecule has 0 fully saturated rings. The summed E-state index contributed by atoms with van der Waals surface area (Å²) in [7, 11) is -1.35. The summed E-state index contributed by atoms with van der Waals surface area (Å²) >= 11 is 8.03.